The first-order valence-corrected chi connectivity index (χ1v) is 5.29. The molecular formula is C9H22N3O4+. The Balaban J connectivity index is 2.90. The van der Waals surface area contributed by atoms with E-state index in [0.29, 0.717) is 39.6 Å². The van der Waals surface area contributed by atoms with E-state index in [4.69, 9.17) is 19.9 Å². The lowest BCUT2D eigenvalue weighted by molar-refractivity contribution is -0.443. The van der Waals surface area contributed by atoms with Gasteiger partial charge in [-0.15, -0.1) is 0 Å². The zero-order valence-corrected chi connectivity index (χ0v) is 9.57. The zero-order valence-electron chi connectivity index (χ0n) is 9.57. The van der Waals surface area contributed by atoms with Crippen LogP contribution in [0.3, 0.4) is 0 Å². The molecule has 0 atom stereocenters. The van der Waals surface area contributed by atoms with Gasteiger partial charge < -0.3 is 19.9 Å². The maximum atomic E-state index is 10.3. The van der Waals surface area contributed by atoms with E-state index in [9.17, 15) is 4.79 Å². The highest BCUT2D eigenvalue weighted by Crippen LogP contribution is 1.83. The number of carbonyl (C=O) groups excluding carboxylic acids is 1. The van der Waals surface area contributed by atoms with Crippen LogP contribution in [0.4, 0.5) is 0 Å². The average molecular weight is 236 g/mol. The molecule has 0 aliphatic carbocycles. The number of hydrogen-bond acceptors (Lipinski definition) is 5. The lowest BCUT2D eigenvalue weighted by Gasteiger charge is -2.05. The lowest BCUT2D eigenvalue weighted by Crippen LogP contribution is -2.65. The van der Waals surface area contributed by atoms with Gasteiger partial charge in [-0.05, 0) is 0 Å². The van der Waals surface area contributed by atoms with Gasteiger partial charge in [0.25, 0.3) is 0 Å². The molecule has 0 aromatic rings. The van der Waals surface area contributed by atoms with Crippen LogP contribution in [0, 0.1) is 0 Å². The van der Waals surface area contributed by atoms with E-state index < -0.39 is 0 Å². The minimum absolute atomic E-state index is 0.251. The smallest absolute Gasteiger partial charge is 0.219 e. The van der Waals surface area contributed by atoms with Crippen LogP contribution < -0.4 is 17.0 Å². The largest absolute Gasteiger partial charge is 0.379 e. The monoisotopic (exact) mass is 236 g/mol. The number of hydrogen-bond donors (Lipinski definition) is 3. The Hall–Kier alpha value is -0.730. The Labute approximate surface area is 95.4 Å². The van der Waals surface area contributed by atoms with E-state index in [0.717, 1.165) is 6.54 Å². The van der Waals surface area contributed by atoms with Gasteiger partial charge in [-0.3, -0.25) is 10.6 Å². The highest BCUT2D eigenvalue weighted by atomic mass is 16.5. The van der Waals surface area contributed by atoms with Gasteiger partial charge in [0.05, 0.1) is 46.2 Å². The van der Waals surface area contributed by atoms with Crippen LogP contribution in [0.15, 0.2) is 0 Å². The van der Waals surface area contributed by atoms with Crippen molar-refractivity contribution in [2.24, 2.45) is 5.73 Å². The van der Waals surface area contributed by atoms with E-state index in [1.807, 2.05) is 0 Å². The summed E-state index contributed by atoms with van der Waals surface area (Å²) < 4.78 is 15.5. The summed E-state index contributed by atoms with van der Waals surface area (Å²) in [5.74, 6) is 3.11. The van der Waals surface area contributed by atoms with Gasteiger partial charge in [0.2, 0.25) is 5.91 Å². The second-order valence-electron chi connectivity index (χ2n) is 3.05. The highest BCUT2D eigenvalue weighted by Gasteiger charge is 1.94. The van der Waals surface area contributed by atoms with E-state index in [-0.39, 0.29) is 12.3 Å². The number of rotatable bonds is 12. The van der Waals surface area contributed by atoms with Crippen molar-refractivity contribution >= 4 is 5.91 Å². The summed E-state index contributed by atoms with van der Waals surface area (Å²) >= 11 is 0. The molecule has 0 aliphatic heterocycles. The molecule has 7 heteroatoms. The third kappa shape index (κ3) is 13.3. The zero-order chi connectivity index (χ0) is 12.1. The van der Waals surface area contributed by atoms with Crippen molar-refractivity contribution in [2.75, 3.05) is 46.2 Å². The average Bonchev–Trinajstić information content (AvgIpc) is 2.25. The van der Waals surface area contributed by atoms with Crippen molar-refractivity contribution in [3.8, 4) is 0 Å². The number of nitrogens with one attached hydrogen (secondary N) is 1. The number of amides is 1. The molecule has 0 aliphatic rings. The van der Waals surface area contributed by atoms with Crippen LogP contribution in [0.5, 0.6) is 0 Å². The van der Waals surface area contributed by atoms with Gasteiger partial charge in [-0.2, -0.15) is 5.43 Å². The summed E-state index contributed by atoms with van der Waals surface area (Å²) in [6.07, 6.45) is 0.251. The fraction of sp³-hybridized carbons (Fsp3) is 0.889. The summed E-state index contributed by atoms with van der Waals surface area (Å²) in [6.45, 7) is 3.77. The van der Waals surface area contributed by atoms with Crippen molar-refractivity contribution in [3.63, 3.8) is 0 Å². The molecule has 0 spiro atoms. The predicted molar refractivity (Wildman–Crippen MR) is 57.2 cm³/mol. The lowest BCUT2D eigenvalue weighted by atomic mass is 10.4. The van der Waals surface area contributed by atoms with Gasteiger partial charge in [-0.25, -0.2) is 0 Å². The van der Waals surface area contributed by atoms with Crippen molar-refractivity contribution in [1.82, 2.24) is 5.43 Å². The molecule has 0 aromatic carbocycles. The molecule has 96 valence electrons. The molecule has 0 rings (SSSR count). The standard InChI is InChI=1S/C9H21N3O4/c10-9(13)1-3-14-5-7-16-8-6-15-4-2-12-11/h12H,1-8,11H2,(H2,10,13)/p+1. The summed E-state index contributed by atoms with van der Waals surface area (Å²) in [5, 5.41) is 0. The molecule has 0 unspecified atom stereocenters. The summed E-state index contributed by atoms with van der Waals surface area (Å²) in [4.78, 5) is 10.3. The second kappa shape index (κ2) is 12.3. The minimum Gasteiger partial charge on any atom is -0.379 e. The molecular weight excluding hydrogens is 214 g/mol. The first-order valence-electron chi connectivity index (χ1n) is 5.29. The molecule has 16 heavy (non-hydrogen) atoms. The Morgan fingerprint density at radius 2 is 1.50 bits per heavy atom. The fourth-order valence-corrected chi connectivity index (χ4v) is 0.859. The summed E-state index contributed by atoms with van der Waals surface area (Å²) in [5.41, 5.74) is 7.67. The molecule has 0 saturated carbocycles. The predicted octanol–water partition coefficient (Wildman–Crippen LogP) is -2.34. The van der Waals surface area contributed by atoms with E-state index in [2.05, 4.69) is 11.3 Å². The Bertz CT molecular complexity index is 169. The van der Waals surface area contributed by atoms with Crippen molar-refractivity contribution < 1.29 is 24.8 Å². The molecule has 0 radical (unpaired) electrons. The van der Waals surface area contributed by atoms with Crippen LogP contribution >= 0.6 is 0 Å². The molecule has 6 N–H and O–H groups in total. The Morgan fingerprint density at radius 3 is 2.00 bits per heavy atom. The minimum atomic E-state index is -0.353. The van der Waals surface area contributed by atoms with Crippen molar-refractivity contribution in [2.45, 2.75) is 6.42 Å². The third-order valence-electron chi connectivity index (χ3n) is 1.66. The molecule has 0 heterocycles. The third-order valence-corrected chi connectivity index (χ3v) is 1.66. The number of carbonyl (C=O) groups is 1. The van der Waals surface area contributed by atoms with Crippen LogP contribution in [-0.4, -0.2) is 52.1 Å². The molecule has 0 fully saturated rings. The fourth-order valence-electron chi connectivity index (χ4n) is 0.859. The number of ether oxygens (including phenoxy) is 3. The van der Waals surface area contributed by atoms with Crippen LogP contribution in [0.25, 0.3) is 0 Å². The second-order valence-corrected chi connectivity index (χ2v) is 3.05. The maximum Gasteiger partial charge on any atom is 0.219 e. The van der Waals surface area contributed by atoms with Crippen LogP contribution in [-0.2, 0) is 19.0 Å². The van der Waals surface area contributed by atoms with Gasteiger partial charge in [0.15, 0.2) is 0 Å². The molecule has 0 aromatic heterocycles. The molecule has 0 saturated heterocycles. The molecule has 7 nitrogen and oxygen atoms in total. The normalized spacial score (nSPS) is 10.6. The number of primary amides is 1. The molecule has 1 amide bonds. The van der Waals surface area contributed by atoms with Gasteiger partial charge in [0, 0.05) is 6.42 Å². The Morgan fingerprint density at radius 1 is 1.00 bits per heavy atom. The number of quaternary nitrogens is 1. The summed E-state index contributed by atoms with van der Waals surface area (Å²) in [6, 6.07) is 0. The van der Waals surface area contributed by atoms with Gasteiger partial charge in [0.1, 0.15) is 0 Å². The first kappa shape index (κ1) is 15.3. The van der Waals surface area contributed by atoms with Crippen molar-refractivity contribution in [1.29, 1.82) is 0 Å². The Kier molecular flexibility index (Phi) is 11.8. The van der Waals surface area contributed by atoms with Crippen LogP contribution in [0.2, 0.25) is 0 Å². The van der Waals surface area contributed by atoms with Gasteiger partial charge in [-0.1, -0.05) is 0 Å². The quantitative estimate of drug-likeness (QED) is 0.260. The topological polar surface area (TPSA) is 110 Å². The summed E-state index contributed by atoms with van der Waals surface area (Å²) in [7, 11) is 0. The first-order chi connectivity index (χ1) is 7.77. The van der Waals surface area contributed by atoms with Crippen LogP contribution in [0.1, 0.15) is 6.42 Å². The van der Waals surface area contributed by atoms with E-state index in [1.54, 1.807) is 0 Å². The maximum absolute atomic E-state index is 10.3. The number of nitrogens with two attached hydrogens (primary N) is 1. The van der Waals surface area contributed by atoms with Crippen molar-refractivity contribution in [3.05, 3.63) is 0 Å². The van der Waals surface area contributed by atoms with Gasteiger partial charge >= 0.3 is 0 Å². The SMILES string of the molecule is NC(=O)CCOCCOCCOCCN[NH3+]. The van der Waals surface area contributed by atoms with E-state index >= 15 is 0 Å². The van der Waals surface area contributed by atoms with E-state index in [1.165, 1.54) is 0 Å². The molecule has 0 bridgehead atoms. The highest BCUT2D eigenvalue weighted by molar-refractivity contribution is 5.73.